The smallest absolute Gasteiger partial charge is 0.246 e. The Hall–Kier alpha value is -4.93. The topological polar surface area (TPSA) is 110 Å². The van der Waals surface area contributed by atoms with E-state index < -0.39 is 5.82 Å². The number of hydrogen-bond acceptors (Lipinski definition) is 8. The number of nitrogens with zero attached hydrogens (tertiary/aromatic N) is 7. The number of rotatable bonds is 6. The molecule has 1 amide bonds. The van der Waals surface area contributed by atoms with Crippen molar-refractivity contribution in [2.24, 2.45) is 5.92 Å². The van der Waals surface area contributed by atoms with Crippen LogP contribution in [-0.4, -0.2) is 52.9 Å². The SMILES string of the molecule is C=CC(=O)N1C[C@@H]2C[C@H](c3ccc4ncnc(Nc5cc(C)c(Oc6ccn7ncnc7c6)cc5F)c4n3)C[C@H]1C2. The van der Waals surface area contributed by atoms with E-state index in [9.17, 15) is 4.79 Å². The zero-order chi connectivity index (χ0) is 28.1. The molecule has 5 heterocycles. The molecule has 41 heavy (non-hydrogen) atoms. The van der Waals surface area contributed by atoms with Crippen LogP contribution in [0.1, 0.15) is 36.4 Å². The summed E-state index contributed by atoms with van der Waals surface area (Å²) >= 11 is 0. The molecule has 7 rings (SSSR count). The van der Waals surface area contributed by atoms with E-state index in [0.29, 0.717) is 39.9 Å². The second-order valence-electron chi connectivity index (χ2n) is 10.7. The first-order valence-corrected chi connectivity index (χ1v) is 13.5. The van der Waals surface area contributed by atoms with E-state index in [0.717, 1.165) is 37.1 Å². The van der Waals surface area contributed by atoms with Crippen LogP contribution in [0.2, 0.25) is 0 Å². The Morgan fingerprint density at radius 1 is 1.12 bits per heavy atom. The average molecular weight is 551 g/mol. The Labute approximate surface area is 234 Å². The molecule has 0 radical (unpaired) electrons. The van der Waals surface area contributed by atoms with Crippen molar-refractivity contribution in [3.05, 3.63) is 85.0 Å². The average Bonchev–Trinajstić information content (AvgIpc) is 3.57. The van der Waals surface area contributed by atoms with Gasteiger partial charge in [0.15, 0.2) is 11.5 Å². The zero-order valence-corrected chi connectivity index (χ0v) is 22.4. The van der Waals surface area contributed by atoms with Crippen molar-refractivity contribution < 1.29 is 13.9 Å². The molecular weight excluding hydrogens is 523 g/mol. The number of halogens is 1. The summed E-state index contributed by atoms with van der Waals surface area (Å²) in [5.74, 6) is 1.50. The highest BCUT2D eigenvalue weighted by molar-refractivity contribution is 5.88. The first-order valence-electron chi connectivity index (χ1n) is 13.5. The van der Waals surface area contributed by atoms with Crippen LogP contribution in [0.4, 0.5) is 15.9 Å². The van der Waals surface area contributed by atoms with Gasteiger partial charge in [0.1, 0.15) is 35.5 Å². The highest BCUT2D eigenvalue weighted by atomic mass is 19.1. The van der Waals surface area contributed by atoms with Crippen molar-refractivity contribution in [1.29, 1.82) is 0 Å². The summed E-state index contributed by atoms with van der Waals surface area (Å²) in [6.45, 7) is 6.27. The number of nitrogens with one attached hydrogen (secondary N) is 1. The molecule has 0 spiro atoms. The first-order chi connectivity index (χ1) is 19.9. The van der Waals surface area contributed by atoms with Gasteiger partial charge in [-0.05, 0) is 68.0 Å². The van der Waals surface area contributed by atoms with Gasteiger partial charge in [-0.15, -0.1) is 0 Å². The number of pyridine rings is 2. The minimum Gasteiger partial charge on any atom is -0.457 e. The number of amides is 1. The lowest BCUT2D eigenvalue weighted by Gasteiger charge is -2.29. The van der Waals surface area contributed by atoms with E-state index in [2.05, 4.69) is 31.9 Å². The van der Waals surface area contributed by atoms with E-state index in [4.69, 9.17) is 9.72 Å². The maximum absolute atomic E-state index is 15.3. The minimum absolute atomic E-state index is 0.00497. The molecule has 3 atom stereocenters. The number of likely N-dealkylation sites (tertiary alicyclic amines) is 1. The normalized spacial score (nSPS) is 20.0. The highest BCUT2D eigenvalue weighted by Crippen LogP contribution is 2.43. The predicted molar refractivity (Wildman–Crippen MR) is 151 cm³/mol. The number of benzene rings is 1. The molecule has 11 heteroatoms. The maximum Gasteiger partial charge on any atom is 0.246 e. The summed E-state index contributed by atoms with van der Waals surface area (Å²) < 4.78 is 22.9. The fraction of sp³-hybridized carbons (Fsp3) is 0.267. The second kappa shape index (κ2) is 9.92. The van der Waals surface area contributed by atoms with E-state index in [1.54, 1.807) is 28.9 Å². The molecule has 5 aromatic rings. The van der Waals surface area contributed by atoms with Gasteiger partial charge in [-0.3, -0.25) is 4.79 Å². The van der Waals surface area contributed by atoms with Crippen molar-refractivity contribution >= 4 is 34.1 Å². The lowest BCUT2D eigenvalue weighted by molar-refractivity contribution is -0.126. The van der Waals surface area contributed by atoms with Gasteiger partial charge >= 0.3 is 0 Å². The summed E-state index contributed by atoms with van der Waals surface area (Å²) in [5, 5.41) is 7.20. The number of carbonyl (C=O) groups is 1. The number of carbonyl (C=O) groups excluding carboxylic acids is 1. The van der Waals surface area contributed by atoms with E-state index in [1.807, 2.05) is 24.0 Å². The van der Waals surface area contributed by atoms with Gasteiger partial charge < -0.3 is 15.0 Å². The van der Waals surface area contributed by atoms with Gasteiger partial charge in [0.2, 0.25) is 5.91 Å². The molecule has 206 valence electrons. The second-order valence-corrected chi connectivity index (χ2v) is 10.7. The van der Waals surface area contributed by atoms with Crippen LogP contribution in [0, 0.1) is 18.7 Å². The fourth-order valence-electron chi connectivity index (χ4n) is 6.12. The number of aromatic nitrogens is 6. The predicted octanol–water partition coefficient (Wildman–Crippen LogP) is 5.33. The lowest BCUT2D eigenvalue weighted by Crippen LogP contribution is -2.34. The van der Waals surface area contributed by atoms with Crippen LogP contribution in [0.25, 0.3) is 16.7 Å². The Balaban J connectivity index is 1.15. The summed E-state index contributed by atoms with van der Waals surface area (Å²) in [7, 11) is 0. The van der Waals surface area contributed by atoms with Gasteiger partial charge in [0.05, 0.1) is 11.2 Å². The van der Waals surface area contributed by atoms with Gasteiger partial charge in [-0.25, -0.2) is 28.8 Å². The summed E-state index contributed by atoms with van der Waals surface area (Å²) in [6, 6.07) is 10.6. The zero-order valence-electron chi connectivity index (χ0n) is 22.4. The molecule has 0 unspecified atom stereocenters. The van der Waals surface area contributed by atoms with E-state index in [1.165, 1.54) is 24.8 Å². The monoisotopic (exact) mass is 550 g/mol. The van der Waals surface area contributed by atoms with Crippen molar-refractivity contribution in [1.82, 2.24) is 34.4 Å². The van der Waals surface area contributed by atoms with Crippen molar-refractivity contribution in [2.45, 2.75) is 38.1 Å². The maximum atomic E-state index is 15.3. The summed E-state index contributed by atoms with van der Waals surface area (Å²) in [4.78, 5) is 32.2. The van der Waals surface area contributed by atoms with Crippen molar-refractivity contribution in [2.75, 3.05) is 11.9 Å². The molecule has 2 fully saturated rings. The van der Waals surface area contributed by atoms with Gasteiger partial charge in [-0.2, -0.15) is 5.10 Å². The molecule has 10 nitrogen and oxygen atoms in total. The third-order valence-electron chi connectivity index (χ3n) is 8.05. The molecule has 1 aliphatic heterocycles. The Morgan fingerprint density at radius 2 is 2.02 bits per heavy atom. The van der Waals surface area contributed by atoms with Crippen molar-refractivity contribution in [3.63, 3.8) is 0 Å². The molecule has 1 saturated heterocycles. The van der Waals surface area contributed by atoms with Crippen LogP contribution in [0.3, 0.4) is 0 Å². The van der Waals surface area contributed by atoms with Crippen LogP contribution < -0.4 is 10.1 Å². The van der Waals surface area contributed by atoms with Crippen LogP contribution in [0.15, 0.2) is 67.9 Å². The van der Waals surface area contributed by atoms with E-state index >= 15 is 4.39 Å². The van der Waals surface area contributed by atoms with Gasteiger partial charge in [0, 0.05) is 42.5 Å². The number of ether oxygens (including phenoxy) is 1. The molecule has 1 aromatic carbocycles. The van der Waals surface area contributed by atoms with Gasteiger partial charge in [-0.1, -0.05) is 6.58 Å². The number of hydrogen-bond donors (Lipinski definition) is 1. The quantitative estimate of drug-likeness (QED) is 0.283. The number of anilines is 2. The third-order valence-corrected chi connectivity index (χ3v) is 8.05. The molecule has 4 aromatic heterocycles. The summed E-state index contributed by atoms with van der Waals surface area (Å²) in [6.07, 6.45) is 8.86. The highest BCUT2D eigenvalue weighted by Gasteiger charge is 2.41. The molecule has 2 bridgehead atoms. The van der Waals surface area contributed by atoms with Crippen molar-refractivity contribution in [3.8, 4) is 11.5 Å². The minimum atomic E-state index is -0.493. The van der Waals surface area contributed by atoms with Gasteiger partial charge in [0.25, 0.3) is 0 Å². The van der Waals surface area contributed by atoms with Crippen LogP contribution >= 0.6 is 0 Å². The molecule has 1 aliphatic carbocycles. The standard InChI is InChI=1S/C30H27FN8O2/c1-3-28(40)38-14-18-9-19(11-20(38)10-18)23-4-5-24-29(36-23)30(34-15-32-24)37-25-8-17(2)26(13-22(25)31)41-21-6-7-39-27(12-21)33-16-35-39/h3-8,12-13,15-16,18-20H,1,9-11,14H2,2H3,(H,32,34,37)/t18-,19+,20-/m1/s1. The number of fused-ring (bicyclic) bond motifs is 4. The molecule has 1 N–H and O–H groups in total. The molecular formula is C30H27FN8O2. The number of aryl methyl sites for hydroxylation is 1. The summed E-state index contributed by atoms with van der Waals surface area (Å²) in [5.41, 5.74) is 3.78. The Morgan fingerprint density at radius 3 is 2.90 bits per heavy atom. The third kappa shape index (κ3) is 4.62. The largest absolute Gasteiger partial charge is 0.457 e. The van der Waals surface area contributed by atoms with E-state index in [-0.39, 0.29) is 23.6 Å². The van der Waals surface area contributed by atoms with Crippen LogP contribution in [-0.2, 0) is 4.79 Å². The first kappa shape index (κ1) is 25.1. The van der Waals surface area contributed by atoms with Crippen LogP contribution in [0.5, 0.6) is 11.5 Å². The molecule has 1 saturated carbocycles. The Kier molecular flexibility index (Phi) is 6.06. The lowest BCUT2D eigenvalue weighted by atomic mass is 9.80. The molecule has 2 aliphatic rings. The Bertz CT molecular complexity index is 1820. The fourth-order valence-corrected chi connectivity index (χ4v) is 6.12.